The largest absolute Gasteiger partial charge is 0.423 e. The quantitative estimate of drug-likeness (QED) is 0.0558. The number of carbonyl (C=O) groups is 8. The Kier molecular flexibility index (Phi) is 10.4. The summed E-state index contributed by atoms with van der Waals surface area (Å²) in [7, 11) is 0. The highest BCUT2D eigenvalue weighted by Gasteiger charge is 2.46. The van der Waals surface area contributed by atoms with E-state index in [9.17, 15) is 38.4 Å². The summed E-state index contributed by atoms with van der Waals surface area (Å²) in [6.07, 6.45) is 0. The van der Waals surface area contributed by atoms with Crippen molar-refractivity contribution >= 4 is 58.5 Å². The minimum Gasteiger partial charge on any atom is -0.423 e. The number of hydrogen-bond donors (Lipinski definition) is 0. The van der Waals surface area contributed by atoms with Gasteiger partial charge in [-0.3, -0.25) is 28.8 Å². The molecule has 0 atom stereocenters. The van der Waals surface area contributed by atoms with Crippen LogP contribution in [0.25, 0.3) is 11.1 Å². The number of nitrogens with zero attached hydrogens (tertiary/aromatic N) is 2. The molecule has 0 unspecified atom stereocenters. The van der Waals surface area contributed by atoms with Gasteiger partial charge < -0.3 is 9.47 Å². The van der Waals surface area contributed by atoms with Crippen LogP contribution in [0.2, 0.25) is 0 Å². The van der Waals surface area contributed by atoms with E-state index in [1.54, 1.807) is 60.7 Å². The van der Waals surface area contributed by atoms with Crippen LogP contribution in [0.3, 0.4) is 0 Å². The van der Waals surface area contributed by atoms with Crippen LogP contribution in [0.5, 0.6) is 11.5 Å². The van der Waals surface area contributed by atoms with E-state index in [4.69, 9.17) is 9.47 Å². The zero-order valence-electron chi connectivity index (χ0n) is 37.8. The van der Waals surface area contributed by atoms with Crippen LogP contribution in [0.15, 0.2) is 182 Å². The molecule has 2 aliphatic heterocycles. The number of hydrogen-bond acceptors (Lipinski definition) is 10. The van der Waals surface area contributed by atoms with Crippen molar-refractivity contribution in [2.24, 2.45) is 0 Å². The van der Waals surface area contributed by atoms with Crippen molar-refractivity contribution in [1.82, 2.24) is 0 Å². The maximum atomic E-state index is 13.7. The number of esters is 2. The standard InChI is InChI=1S/C59H36N2O10/c1-33(62)35-9-7-11-41(29-35)60-53(64)47-27-17-37(31-49(47)55(60)66)57(68)70-43-23-19-39(20-24-43)59(51-15-5-3-13-45(51)46-14-4-6-16-52(46)59)40-21-25-44(26-22-40)71-58(69)38-18-28-48-50(32-38)56(67)61(54(48)65)42-12-8-10-36(30-42)34(2)63/h3-32H,1-2H3. The Balaban J connectivity index is 0.862. The van der Waals surface area contributed by atoms with Gasteiger partial charge in [0.15, 0.2) is 11.6 Å². The van der Waals surface area contributed by atoms with Crippen molar-refractivity contribution in [2.45, 2.75) is 19.3 Å². The molecule has 12 heteroatoms. The molecular formula is C59H36N2O10. The first-order valence-corrected chi connectivity index (χ1v) is 22.5. The van der Waals surface area contributed by atoms with Crippen molar-refractivity contribution < 1.29 is 47.8 Å². The van der Waals surface area contributed by atoms with Crippen LogP contribution in [-0.2, 0) is 5.41 Å². The molecule has 0 fully saturated rings. The van der Waals surface area contributed by atoms with E-state index in [0.29, 0.717) is 11.1 Å². The maximum absolute atomic E-state index is 13.7. The summed E-state index contributed by atoms with van der Waals surface area (Å²) in [6.45, 7) is 2.79. The number of fused-ring (bicyclic) bond motifs is 5. The summed E-state index contributed by atoms with van der Waals surface area (Å²) >= 11 is 0. The second-order valence-electron chi connectivity index (χ2n) is 17.3. The Morgan fingerprint density at radius 2 is 0.746 bits per heavy atom. The fourth-order valence-electron chi connectivity index (χ4n) is 9.83. The number of amides is 4. The molecule has 3 aliphatic rings. The molecule has 342 valence electrons. The number of ether oxygens (including phenoxy) is 2. The SMILES string of the molecule is CC(=O)c1cccc(N2C(=O)c3ccc(C(=O)Oc4ccc(C5(c6ccc(OC(=O)c7ccc8c(c7)C(=O)N(c7cccc(C(C)=O)c7)C8=O)cc6)c6ccccc6-c6ccccc65)cc4)cc3C2=O)c1. The van der Waals surface area contributed by atoms with Crippen molar-refractivity contribution in [3.63, 3.8) is 0 Å². The van der Waals surface area contributed by atoms with Crippen LogP contribution < -0.4 is 19.3 Å². The molecule has 0 radical (unpaired) electrons. The number of anilines is 2. The van der Waals surface area contributed by atoms with Gasteiger partial charge in [-0.25, -0.2) is 19.4 Å². The third kappa shape index (κ3) is 7.07. The van der Waals surface area contributed by atoms with Crippen LogP contribution in [-0.4, -0.2) is 47.1 Å². The third-order valence-corrected chi connectivity index (χ3v) is 13.2. The predicted molar refractivity (Wildman–Crippen MR) is 262 cm³/mol. The van der Waals surface area contributed by atoms with Gasteiger partial charge in [-0.1, -0.05) is 97.1 Å². The molecule has 0 saturated heterocycles. The highest BCUT2D eigenvalue weighted by Crippen LogP contribution is 2.56. The van der Waals surface area contributed by atoms with Gasteiger partial charge in [0, 0.05) is 11.1 Å². The number of Topliss-reactive ketones (excluding diaryl/α,β-unsaturated/α-hetero) is 2. The van der Waals surface area contributed by atoms with Gasteiger partial charge in [-0.2, -0.15) is 0 Å². The monoisotopic (exact) mass is 932 g/mol. The fourth-order valence-corrected chi connectivity index (χ4v) is 9.83. The molecule has 71 heavy (non-hydrogen) atoms. The predicted octanol–water partition coefficient (Wildman–Crippen LogP) is 10.5. The molecule has 8 aromatic carbocycles. The minimum atomic E-state index is -0.885. The van der Waals surface area contributed by atoms with Crippen LogP contribution in [0, 0.1) is 0 Å². The van der Waals surface area contributed by atoms with E-state index in [1.807, 2.05) is 48.5 Å². The van der Waals surface area contributed by atoms with Gasteiger partial charge in [0.1, 0.15) is 11.5 Å². The topological polar surface area (TPSA) is 162 Å². The fraction of sp³-hybridized carbons (Fsp3) is 0.0508. The number of imide groups is 2. The van der Waals surface area contributed by atoms with E-state index < -0.39 is 41.0 Å². The van der Waals surface area contributed by atoms with Crippen LogP contribution in [0.1, 0.15) is 119 Å². The molecule has 0 bridgehead atoms. The normalized spacial score (nSPS) is 13.9. The molecule has 1 aliphatic carbocycles. The maximum Gasteiger partial charge on any atom is 0.343 e. The lowest BCUT2D eigenvalue weighted by Crippen LogP contribution is -2.29. The van der Waals surface area contributed by atoms with Gasteiger partial charge in [-0.15, -0.1) is 0 Å². The number of benzene rings is 8. The van der Waals surface area contributed by atoms with E-state index in [1.165, 1.54) is 62.4 Å². The van der Waals surface area contributed by atoms with Crippen molar-refractivity contribution in [3.8, 4) is 22.6 Å². The van der Waals surface area contributed by atoms with E-state index >= 15 is 0 Å². The molecule has 2 heterocycles. The highest BCUT2D eigenvalue weighted by atomic mass is 16.5. The second-order valence-corrected chi connectivity index (χ2v) is 17.3. The Labute approximate surface area is 405 Å². The van der Waals surface area contributed by atoms with E-state index in [0.717, 1.165) is 43.2 Å². The molecule has 0 saturated carbocycles. The Morgan fingerprint density at radius 3 is 1.14 bits per heavy atom. The number of carbonyl (C=O) groups excluding carboxylic acids is 8. The van der Waals surface area contributed by atoms with Crippen LogP contribution >= 0.6 is 0 Å². The molecule has 11 rings (SSSR count). The average Bonchev–Trinajstić information content (AvgIpc) is 3.94. The van der Waals surface area contributed by atoms with Crippen molar-refractivity contribution in [1.29, 1.82) is 0 Å². The van der Waals surface area contributed by atoms with Gasteiger partial charge >= 0.3 is 11.9 Å². The molecule has 0 N–H and O–H groups in total. The molecule has 8 aromatic rings. The van der Waals surface area contributed by atoms with Gasteiger partial charge in [0.2, 0.25) is 0 Å². The van der Waals surface area contributed by atoms with E-state index in [2.05, 4.69) is 24.3 Å². The second kappa shape index (κ2) is 16.8. The first-order valence-electron chi connectivity index (χ1n) is 22.5. The van der Waals surface area contributed by atoms with Gasteiger partial charge in [0.05, 0.1) is 50.2 Å². The number of ketones is 2. The summed E-state index contributed by atoms with van der Waals surface area (Å²) in [6, 6.07) is 51.3. The van der Waals surface area contributed by atoms with Crippen molar-refractivity contribution in [2.75, 3.05) is 9.80 Å². The first-order chi connectivity index (χ1) is 34.3. The zero-order valence-corrected chi connectivity index (χ0v) is 37.8. The van der Waals surface area contributed by atoms with Crippen molar-refractivity contribution in [3.05, 3.63) is 249 Å². The highest BCUT2D eigenvalue weighted by molar-refractivity contribution is 6.35. The third-order valence-electron chi connectivity index (χ3n) is 13.2. The zero-order chi connectivity index (χ0) is 49.3. The molecular weight excluding hydrogens is 897 g/mol. The molecule has 4 amide bonds. The Bertz CT molecular complexity index is 3440. The van der Waals surface area contributed by atoms with Gasteiger partial charge in [0.25, 0.3) is 23.6 Å². The Hall–Kier alpha value is -9.68. The first kappa shape index (κ1) is 43.9. The molecule has 0 aromatic heterocycles. The summed E-state index contributed by atoms with van der Waals surface area (Å²) in [5.41, 5.74) is 6.45. The summed E-state index contributed by atoms with van der Waals surface area (Å²) in [5.74, 6) is -3.86. The van der Waals surface area contributed by atoms with E-state index in [-0.39, 0.29) is 67.8 Å². The Morgan fingerprint density at radius 1 is 0.366 bits per heavy atom. The molecule has 12 nitrogen and oxygen atoms in total. The molecule has 0 spiro atoms. The smallest absolute Gasteiger partial charge is 0.343 e. The average molecular weight is 933 g/mol. The lowest BCUT2D eigenvalue weighted by molar-refractivity contribution is 0.0725. The van der Waals surface area contributed by atoms with Gasteiger partial charge in [-0.05, 0) is 132 Å². The lowest BCUT2D eigenvalue weighted by Gasteiger charge is -2.34. The lowest BCUT2D eigenvalue weighted by atomic mass is 9.68. The summed E-state index contributed by atoms with van der Waals surface area (Å²) in [5, 5.41) is 0. The number of rotatable bonds is 10. The minimum absolute atomic E-state index is 0.0360. The van der Waals surface area contributed by atoms with Crippen LogP contribution in [0.4, 0.5) is 11.4 Å². The summed E-state index contributed by atoms with van der Waals surface area (Å²) in [4.78, 5) is 107. The summed E-state index contributed by atoms with van der Waals surface area (Å²) < 4.78 is 11.7.